The predicted molar refractivity (Wildman–Crippen MR) is 252 cm³/mol. The van der Waals surface area contributed by atoms with Crippen LogP contribution in [-0.4, -0.2) is 81.4 Å². The molecule has 0 saturated heterocycles. The lowest BCUT2D eigenvalue weighted by atomic mass is 9.98. The fourth-order valence-electron chi connectivity index (χ4n) is 7.32. The van der Waals surface area contributed by atoms with E-state index in [1.54, 1.807) is 61.3 Å². The van der Waals surface area contributed by atoms with Crippen molar-refractivity contribution in [3.05, 3.63) is 118 Å². The maximum absolute atomic E-state index is 13.7. The zero-order valence-corrected chi connectivity index (χ0v) is 39.1. The fourth-order valence-corrected chi connectivity index (χ4v) is 7.71. The van der Waals surface area contributed by atoms with Crippen LogP contribution in [0.1, 0.15) is 91.6 Å². The van der Waals surface area contributed by atoms with Crippen LogP contribution in [0.3, 0.4) is 0 Å². The zero-order chi connectivity index (χ0) is 47.1. The largest absolute Gasteiger partial charge is 0.437 e. The molecule has 66 heavy (non-hydrogen) atoms. The number of halogens is 3. The number of ether oxygens (including phenoxy) is 1. The first-order chi connectivity index (χ1) is 31.3. The number of aryl methyl sites for hydroxylation is 2. The molecule has 2 aliphatic rings. The third-order valence-corrected chi connectivity index (χ3v) is 11.4. The Labute approximate surface area is 389 Å². The molecule has 0 spiro atoms. The van der Waals surface area contributed by atoms with Crippen molar-refractivity contribution in [2.24, 2.45) is 5.92 Å². The van der Waals surface area contributed by atoms with E-state index in [1.165, 1.54) is 12.8 Å². The molecule has 4 heterocycles. The van der Waals surface area contributed by atoms with E-state index in [9.17, 15) is 28.6 Å². The molecule has 4 aromatic heterocycles. The van der Waals surface area contributed by atoms with Gasteiger partial charge in [0.1, 0.15) is 22.0 Å². The lowest BCUT2D eigenvalue weighted by molar-refractivity contribution is 0.0939. The van der Waals surface area contributed by atoms with Crippen molar-refractivity contribution in [1.29, 1.82) is 0 Å². The maximum atomic E-state index is 13.7. The number of nitrogens with zero attached hydrogens (tertiary/aromatic N) is 6. The number of carbonyl (C=O) groups is 2. The number of Topliss-reactive ketones (excluding diaryl/α,β-unsaturated/α-hetero) is 1. The molecule has 344 valence electrons. The first-order valence-corrected chi connectivity index (χ1v) is 22.6. The van der Waals surface area contributed by atoms with E-state index in [0.29, 0.717) is 51.7 Å². The minimum absolute atomic E-state index is 0.0543. The Morgan fingerprint density at radius 3 is 1.79 bits per heavy atom. The molecule has 0 aliphatic heterocycles. The molecule has 0 radical (unpaired) electrons. The van der Waals surface area contributed by atoms with Gasteiger partial charge in [0.2, 0.25) is 5.88 Å². The number of carbonyl (C=O) groups excluding carboxylic acids is 2. The summed E-state index contributed by atoms with van der Waals surface area (Å²) in [5, 5.41) is 38.7. The molecule has 2 fully saturated rings. The van der Waals surface area contributed by atoms with Gasteiger partial charge in [-0.15, -0.1) is 5.10 Å². The number of amides is 1. The molecule has 0 atom stereocenters. The zero-order valence-electron chi connectivity index (χ0n) is 37.5. The van der Waals surface area contributed by atoms with Gasteiger partial charge in [0.05, 0.1) is 46.4 Å². The van der Waals surface area contributed by atoms with Crippen molar-refractivity contribution in [3.8, 4) is 34.1 Å². The summed E-state index contributed by atoms with van der Waals surface area (Å²) in [6.07, 6.45) is 8.44. The summed E-state index contributed by atoms with van der Waals surface area (Å²) >= 11 is 3.46. The highest BCUT2D eigenvalue weighted by molar-refractivity contribution is 9.10. The van der Waals surface area contributed by atoms with E-state index in [1.807, 2.05) is 50.2 Å². The maximum Gasteiger partial charge on any atom is 0.251 e. The average molecular weight is 965 g/mol. The Bertz CT molecular complexity index is 2950. The lowest BCUT2D eigenvalue weighted by Crippen LogP contribution is -2.29. The molecular weight excluding hydrogens is 912 g/mol. The van der Waals surface area contributed by atoms with Gasteiger partial charge in [0.25, 0.3) is 5.91 Å². The number of imidazole rings is 2. The van der Waals surface area contributed by atoms with Crippen molar-refractivity contribution in [2.75, 3.05) is 23.7 Å². The molecule has 14 nitrogen and oxygen atoms in total. The van der Waals surface area contributed by atoms with Gasteiger partial charge in [-0.2, -0.15) is 5.10 Å². The van der Waals surface area contributed by atoms with E-state index in [0.717, 1.165) is 70.2 Å². The van der Waals surface area contributed by atoms with Crippen LogP contribution in [-0.2, 0) is 0 Å². The van der Waals surface area contributed by atoms with Crippen LogP contribution in [0.4, 0.5) is 20.2 Å². The van der Waals surface area contributed by atoms with Gasteiger partial charge in [-0.05, 0) is 124 Å². The van der Waals surface area contributed by atoms with Crippen molar-refractivity contribution in [3.63, 3.8) is 0 Å². The molecule has 9 rings (SSSR count). The standard InChI is InChI=1S/C27H27F2N5O3.C22H25BrN4O2/c1-15-8-16(4-7-21(15)26(35)32-19-5-6-19)23-13-30-25-22(31-14-27(2,3)36)12-24(33-34(23)25)37-20-10-17(28)9-18(29)11-20;1-13-8-15(6-7-16(13)19(28)9-14-4-5-14)18-11-24-21-17(25-12-22(2,3)29)10-20(23)26-27(18)21/h4,7-13,19,31,36H,5-6,14H2,1-3H3,(H,32,35);6-8,10-11,14,25,29H,4-5,9,12H2,1-3H3. The number of nitrogens with one attached hydrogen (secondary N) is 3. The Balaban J connectivity index is 0.000000185. The number of benzene rings is 3. The summed E-state index contributed by atoms with van der Waals surface area (Å²) in [6, 6.07) is 17.9. The van der Waals surface area contributed by atoms with Crippen molar-refractivity contribution in [1.82, 2.24) is 34.5 Å². The number of aromatic nitrogens is 6. The first kappa shape index (κ1) is 46.2. The number of hydrogen-bond acceptors (Lipinski definition) is 11. The fraction of sp³-hybridized carbons (Fsp3) is 0.347. The van der Waals surface area contributed by atoms with Crippen LogP contribution in [0, 0.1) is 31.4 Å². The summed E-state index contributed by atoms with van der Waals surface area (Å²) in [5.41, 5.74) is 6.93. The molecule has 7 aromatic rings. The third-order valence-electron chi connectivity index (χ3n) is 11.0. The monoisotopic (exact) mass is 963 g/mol. The SMILES string of the molecule is Cc1cc(-c2cnc3c(NCC(C)(C)O)cc(Br)nn23)ccc1C(=O)CC1CC1.Cc1cc(-c2cnc3c(NCC(C)(C)O)cc(Oc4cc(F)cc(F)c4)nn23)ccc1C(=O)NC1CC1. The van der Waals surface area contributed by atoms with Crippen LogP contribution in [0.5, 0.6) is 11.6 Å². The van der Waals surface area contributed by atoms with Gasteiger partial charge in [0.15, 0.2) is 17.1 Å². The van der Waals surface area contributed by atoms with Gasteiger partial charge >= 0.3 is 0 Å². The van der Waals surface area contributed by atoms with Crippen molar-refractivity contribution in [2.45, 2.75) is 90.9 Å². The lowest BCUT2D eigenvalue weighted by Gasteiger charge is -2.19. The van der Waals surface area contributed by atoms with Crippen LogP contribution in [0.15, 0.2) is 83.7 Å². The molecule has 0 bridgehead atoms. The topological polar surface area (TPSA) is 180 Å². The summed E-state index contributed by atoms with van der Waals surface area (Å²) in [7, 11) is 0. The Kier molecular flexibility index (Phi) is 13.0. The second-order valence-electron chi connectivity index (χ2n) is 18.5. The molecule has 1 amide bonds. The number of ketones is 1. The minimum Gasteiger partial charge on any atom is -0.437 e. The van der Waals surface area contributed by atoms with Crippen molar-refractivity contribution < 1.29 is 33.3 Å². The van der Waals surface area contributed by atoms with Gasteiger partial charge in [-0.3, -0.25) is 9.59 Å². The number of hydrogen-bond donors (Lipinski definition) is 5. The van der Waals surface area contributed by atoms with Crippen LogP contribution < -0.4 is 20.7 Å². The van der Waals surface area contributed by atoms with E-state index >= 15 is 0 Å². The molecule has 0 unspecified atom stereocenters. The molecular formula is C49H52BrF2N9O5. The summed E-state index contributed by atoms with van der Waals surface area (Å²) < 4.78 is 37.1. The summed E-state index contributed by atoms with van der Waals surface area (Å²) in [4.78, 5) is 34.1. The summed E-state index contributed by atoms with van der Waals surface area (Å²) in [5.74, 6) is -0.833. The highest BCUT2D eigenvalue weighted by atomic mass is 79.9. The van der Waals surface area contributed by atoms with Crippen LogP contribution in [0.2, 0.25) is 0 Å². The second-order valence-corrected chi connectivity index (χ2v) is 19.3. The van der Waals surface area contributed by atoms with Gasteiger partial charge in [-0.1, -0.05) is 18.2 Å². The Hall–Kier alpha value is -6.30. The molecule has 17 heteroatoms. The molecule has 5 N–H and O–H groups in total. The number of fused-ring (bicyclic) bond motifs is 2. The van der Waals surface area contributed by atoms with E-state index in [2.05, 4.69) is 52.0 Å². The number of aliphatic hydroxyl groups is 2. The quantitative estimate of drug-likeness (QED) is 0.0618. The van der Waals surface area contributed by atoms with Crippen LogP contribution >= 0.6 is 15.9 Å². The normalized spacial score (nSPS) is 13.9. The molecule has 2 aliphatic carbocycles. The molecule has 3 aromatic carbocycles. The van der Waals surface area contributed by atoms with E-state index < -0.39 is 22.8 Å². The summed E-state index contributed by atoms with van der Waals surface area (Å²) in [6.45, 7) is 11.2. The van der Waals surface area contributed by atoms with Gasteiger partial charge < -0.3 is 30.9 Å². The average Bonchev–Trinajstić information content (AvgIpc) is 4.15. The third kappa shape index (κ3) is 11.4. The highest BCUT2D eigenvalue weighted by Gasteiger charge is 2.27. The van der Waals surface area contributed by atoms with E-state index in [4.69, 9.17) is 4.74 Å². The van der Waals surface area contributed by atoms with Gasteiger partial charge in [0, 0.05) is 72.1 Å². The van der Waals surface area contributed by atoms with Crippen molar-refractivity contribution >= 4 is 50.3 Å². The van der Waals surface area contributed by atoms with Crippen LogP contribution in [0.25, 0.3) is 33.8 Å². The second kappa shape index (κ2) is 18.5. The Morgan fingerprint density at radius 1 is 0.742 bits per heavy atom. The van der Waals surface area contributed by atoms with E-state index in [-0.39, 0.29) is 35.9 Å². The smallest absolute Gasteiger partial charge is 0.251 e. The first-order valence-electron chi connectivity index (χ1n) is 21.8. The minimum atomic E-state index is -1.02. The van der Waals surface area contributed by atoms with Gasteiger partial charge in [-0.25, -0.2) is 27.8 Å². The molecule has 2 saturated carbocycles. The Morgan fingerprint density at radius 2 is 1.27 bits per heavy atom. The predicted octanol–water partition coefficient (Wildman–Crippen LogP) is 9.48. The number of anilines is 2. The highest BCUT2D eigenvalue weighted by Crippen LogP contribution is 2.35. The number of rotatable bonds is 15.